The number of rotatable bonds is 22. The van der Waals surface area contributed by atoms with Gasteiger partial charge in [-0.2, -0.15) is 0 Å². The van der Waals surface area contributed by atoms with E-state index in [2.05, 4.69) is 90.7 Å². The van der Waals surface area contributed by atoms with E-state index in [9.17, 15) is 9.59 Å². The predicted octanol–water partition coefficient (Wildman–Crippen LogP) is 9.34. The van der Waals surface area contributed by atoms with E-state index >= 15 is 0 Å². The Morgan fingerprint density at radius 3 is 1.72 bits per heavy atom. The summed E-state index contributed by atoms with van der Waals surface area (Å²) in [5.74, 6) is -0.444. The monoisotopic (exact) mass is 1120 g/mol. The van der Waals surface area contributed by atoms with Crippen molar-refractivity contribution in [1.82, 2.24) is 9.80 Å². The van der Waals surface area contributed by atoms with Crippen molar-refractivity contribution in [2.45, 2.75) is 198 Å². The Balaban J connectivity index is 0.000000892. The molecule has 1 aromatic carbocycles. The molecule has 0 saturated carbocycles. The number of aryl methyl sites for hydroxylation is 1. The van der Waals surface area contributed by atoms with Crippen LogP contribution >= 0.6 is 0 Å². The molecular weight excluding hydrogens is 1010 g/mol. The van der Waals surface area contributed by atoms with Gasteiger partial charge in [0.1, 0.15) is 25.0 Å². The first-order valence-electron chi connectivity index (χ1n) is 28.3. The van der Waals surface area contributed by atoms with Gasteiger partial charge >= 0.3 is 11.8 Å². The van der Waals surface area contributed by atoms with E-state index in [1.165, 1.54) is 0 Å². The smallest absolute Gasteiger partial charge is 0.428 e. The van der Waals surface area contributed by atoms with E-state index in [-0.39, 0.29) is 37.0 Å². The summed E-state index contributed by atoms with van der Waals surface area (Å²) in [5, 5.41) is 0. The highest BCUT2D eigenvalue weighted by Crippen LogP contribution is 2.32. The van der Waals surface area contributed by atoms with Gasteiger partial charge in [0.05, 0.1) is 128 Å². The van der Waals surface area contributed by atoms with Crippen LogP contribution in [0.15, 0.2) is 37.9 Å². The maximum Gasteiger partial charge on any atom is 0.519 e. The number of hydrogen-bond acceptors (Lipinski definition) is 18. The van der Waals surface area contributed by atoms with Crippen LogP contribution in [0, 0.1) is 6.92 Å². The molecule has 6 rings (SSSR count). The minimum Gasteiger partial charge on any atom is -0.428 e. The second kappa shape index (κ2) is 42.0. The predicted molar refractivity (Wildman–Crippen MR) is 306 cm³/mol. The summed E-state index contributed by atoms with van der Waals surface area (Å²) >= 11 is 0. The molecule has 3 unspecified atom stereocenters. The summed E-state index contributed by atoms with van der Waals surface area (Å²) in [6.45, 7) is 46.4. The van der Waals surface area contributed by atoms with Gasteiger partial charge in [-0.15, -0.1) is 0 Å². The van der Waals surface area contributed by atoms with Crippen molar-refractivity contribution in [3.8, 4) is 0 Å². The molecule has 0 radical (unpaired) electrons. The lowest BCUT2D eigenvalue weighted by molar-refractivity contribution is -0.870. The first-order valence-corrected chi connectivity index (χ1v) is 28.3. The molecule has 0 aliphatic carbocycles. The molecule has 5 heterocycles. The Morgan fingerprint density at radius 2 is 1.24 bits per heavy atom. The minimum absolute atomic E-state index is 0.0407. The lowest BCUT2D eigenvalue weighted by atomic mass is 10.1. The van der Waals surface area contributed by atoms with E-state index in [1.54, 1.807) is 13.0 Å². The maximum atomic E-state index is 11.4. The third kappa shape index (κ3) is 42.1. The Kier molecular flexibility index (Phi) is 40.5. The number of benzene rings is 1. The SMILES string of the molecule is CC(C)OC1CCOC1.CC(C)OC1OC(=O)c2ccccc21.CC(C)OCC1COC(C)(C)O1.CC(C)OCCN(C)C.CC(C)OCCN1CCOCC1.CC(C)OCC[N+](C)(C)C.Cc1oc(=O)oc1COC(C)C. The fourth-order valence-electron chi connectivity index (χ4n) is 6.64. The fraction of sp³-hybridized carbons (Fsp3) is 0.831. The first-order chi connectivity index (χ1) is 36.4. The van der Waals surface area contributed by atoms with Crippen LogP contribution in [0.2, 0.25) is 0 Å². The number of cyclic esters (lactones) is 1. The molecule has 0 N–H and O–H groups in total. The van der Waals surface area contributed by atoms with Crippen molar-refractivity contribution < 1.29 is 75.0 Å². The highest BCUT2D eigenvalue weighted by molar-refractivity contribution is 5.93. The molecule has 0 bridgehead atoms. The Hall–Kier alpha value is -2.86. The van der Waals surface area contributed by atoms with Crippen molar-refractivity contribution in [2.75, 3.05) is 127 Å². The highest BCUT2D eigenvalue weighted by Gasteiger charge is 2.33. The molecule has 3 saturated heterocycles. The van der Waals surface area contributed by atoms with Crippen molar-refractivity contribution in [2.24, 2.45) is 0 Å². The maximum absolute atomic E-state index is 11.4. The molecule has 19 nitrogen and oxygen atoms in total. The van der Waals surface area contributed by atoms with Crippen LogP contribution in [-0.2, 0) is 63.4 Å². The summed E-state index contributed by atoms with van der Waals surface area (Å²) in [5.41, 5.74) is 1.43. The average Bonchev–Trinajstić information content (AvgIpc) is 4.12. The normalized spacial score (nSPS) is 18.8. The molecule has 0 spiro atoms. The Morgan fingerprint density at radius 1 is 0.679 bits per heavy atom. The van der Waals surface area contributed by atoms with Gasteiger partial charge in [0.15, 0.2) is 11.5 Å². The van der Waals surface area contributed by atoms with Gasteiger partial charge in [-0.05, 0) is 144 Å². The summed E-state index contributed by atoms with van der Waals surface area (Å²) in [7, 11) is 10.6. The molecule has 4 aliphatic heterocycles. The quantitative estimate of drug-likeness (QED) is 0.0804. The third-order valence-electron chi connectivity index (χ3n) is 10.6. The van der Waals surface area contributed by atoms with Crippen molar-refractivity contribution in [1.29, 1.82) is 0 Å². The van der Waals surface area contributed by atoms with Crippen molar-refractivity contribution >= 4 is 5.97 Å². The highest BCUT2D eigenvalue weighted by atomic mass is 16.7. The molecule has 2 aromatic rings. The van der Waals surface area contributed by atoms with E-state index in [0.717, 1.165) is 95.4 Å². The van der Waals surface area contributed by atoms with Crippen molar-refractivity contribution in [3.63, 3.8) is 0 Å². The summed E-state index contributed by atoms with van der Waals surface area (Å²) < 4.78 is 74.5. The number of esters is 1. The Bertz CT molecular complexity index is 1800. The lowest BCUT2D eigenvalue weighted by Crippen LogP contribution is -2.38. The topological polar surface area (TPSA) is 178 Å². The summed E-state index contributed by atoms with van der Waals surface area (Å²) in [6.07, 6.45) is 2.85. The molecule has 4 aliphatic rings. The number of quaternary nitrogens is 1. The zero-order valence-electron chi connectivity index (χ0n) is 52.8. The molecule has 3 atom stereocenters. The number of ether oxygens (including phenoxy) is 12. The molecule has 78 heavy (non-hydrogen) atoms. The van der Waals surface area contributed by atoms with Gasteiger partial charge in [0.2, 0.25) is 6.29 Å². The number of hydrogen-bond donors (Lipinski definition) is 0. The molecule has 458 valence electrons. The molecule has 19 heteroatoms. The lowest BCUT2D eigenvalue weighted by Gasteiger charge is -2.26. The third-order valence-corrected chi connectivity index (χ3v) is 10.6. The average molecular weight is 1120 g/mol. The number of fused-ring (bicyclic) bond motifs is 1. The molecular formula is C59H112N3O16+. The van der Waals surface area contributed by atoms with Gasteiger partial charge in [-0.25, -0.2) is 9.59 Å². The fourth-order valence-corrected chi connectivity index (χ4v) is 6.64. The first kappa shape index (κ1) is 75.1. The second-order valence-corrected chi connectivity index (χ2v) is 22.8. The van der Waals surface area contributed by atoms with Crippen LogP contribution < -0.4 is 5.82 Å². The number of nitrogens with zero attached hydrogens (tertiary/aromatic N) is 3. The van der Waals surface area contributed by atoms with Crippen LogP contribution in [0.4, 0.5) is 0 Å². The van der Waals surface area contributed by atoms with E-state index in [0.29, 0.717) is 60.8 Å². The van der Waals surface area contributed by atoms with Crippen LogP contribution in [0.3, 0.4) is 0 Å². The van der Waals surface area contributed by atoms with Gasteiger partial charge in [0.25, 0.3) is 0 Å². The van der Waals surface area contributed by atoms with Crippen LogP contribution in [0.5, 0.6) is 0 Å². The van der Waals surface area contributed by atoms with Crippen molar-refractivity contribution in [3.05, 3.63) is 57.5 Å². The van der Waals surface area contributed by atoms with Gasteiger partial charge < -0.3 is 75.1 Å². The van der Waals surface area contributed by atoms with Crippen LogP contribution in [-0.4, -0.2) is 208 Å². The number of carbonyl (C=O) groups excluding carboxylic acids is 1. The molecule has 1 aromatic heterocycles. The van der Waals surface area contributed by atoms with Gasteiger partial charge in [-0.3, -0.25) is 4.90 Å². The zero-order valence-corrected chi connectivity index (χ0v) is 52.8. The van der Waals surface area contributed by atoms with E-state index < -0.39 is 17.9 Å². The number of carbonyl (C=O) groups is 1. The van der Waals surface area contributed by atoms with Gasteiger partial charge in [-0.1, -0.05) is 18.2 Å². The van der Waals surface area contributed by atoms with Crippen LogP contribution in [0.25, 0.3) is 0 Å². The van der Waals surface area contributed by atoms with Gasteiger partial charge in [0, 0.05) is 38.3 Å². The minimum atomic E-state index is -0.671. The number of morpholine rings is 1. The van der Waals surface area contributed by atoms with E-state index in [4.69, 9.17) is 61.3 Å². The molecule has 0 amide bonds. The number of likely N-dealkylation sites (N-methyl/N-ethyl adjacent to an activating group) is 2. The van der Waals surface area contributed by atoms with E-state index in [1.807, 2.05) is 87.7 Å². The Labute approximate surface area is 472 Å². The van der Waals surface area contributed by atoms with Crippen LogP contribution in [0.1, 0.15) is 151 Å². The zero-order chi connectivity index (χ0) is 59.4. The summed E-state index contributed by atoms with van der Waals surface area (Å²) in [4.78, 5) is 26.4. The molecule has 3 fully saturated rings. The summed E-state index contributed by atoms with van der Waals surface area (Å²) in [6, 6.07) is 7.30. The standard InChI is InChI=1S/C11H12O3.C9H19NO2.C9H18O3.C8H20NO.C8H12O4.C7H17NO.C7H14O2/c1-7(2)13-11-9-6-4-3-5-8(9)10(12)14-11;1-9(2)12-8-5-10-3-6-11-7-4-10;1-7(2)10-5-8-6-11-9(3,4)12-8;1-8(2)10-7-6-9(3,4)5;1-5(2)10-4-7-6(3)11-8(9)12-7;1-7(2)9-6-5-8(3)4;1-6(2)9-7-3-4-8-5-7/h3-7,11H,1-2H3;9H,3-8H2,1-2H3;7-8H,5-6H2,1-4H3;8H,6-7H2,1-5H3;5H,4H2,1-3H3;7H,5-6H2,1-4H3;6-7H,3-5H2,1-2H3/q;;;+1;;;. The second-order valence-electron chi connectivity index (χ2n) is 22.8. The largest absolute Gasteiger partial charge is 0.519 e.